The molecule has 1 aromatic carbocycles. The average molecular weight is 404 g/mol. The molecule has 1 N–H and O–H groups in total. The van der Waals surface area contributed by atoms with Crippen LogP contribution in [0.4, 0.5) is 0 Å². The number of nitrogens with zero attached hydrogens (tertiary/aromatic N) is 3. The van der Waals surface area contributed by atoms with Gasteiger partial charge >= 0.3 is 0 Å². The maximum Gasteiger partial charge on any atom is 0.274 e. The molecule has 0 aliphatic carbocycles. The molecule has 1 aliphatic rings. The van der Waals surface area contributed by atoms with E-state index in [9.17, 15) is 4.79 Å². The first-order valence-corrected chi connectivity index (χ1v) is 8.75. The third kappa shape index (κ3) is 4.88. The van der Waals surface area contributed by atoms with Gasteiger partial charge in [-0.05, 0) is 43.1 Å². The fourth-order valence-corrected chi connectivity index (χ4v) is 3.21. The van der Waals surface area contributed by atoms with Crippen LogP contribution in [0.3, 0.4) is 0 Å². The van der Waals surface area contributed by atoms with Crippen LogP contribution in [0.25, 0.3) is 0 Å². The zero-order chi connectivity index (χ0) is 17.1. The highest BCUT2D eigenvalue weighted by molar-refractivity contribution is 6.42. The molecule has 0 radical (unpaired) electrons. The molecular weight excluding hydrogens is 383 g/mol. The Morgan fingerprint density at radius 1 is 1.36 bits per heavy atom. The Bertz CT molecular complexity index is 728. The van der Waals surface area contributed by atoms with E-state index in [0.717, 1.165) is 31.5 Å². The number of aromatic nitrogens is 2. The number of carbonyl (C=O) groups is 1. The van der Waals surface area contributed by atoms with E-state index in [1.807, 2.05) is 16.9 Å². The minimum atomic E-state index is -0.108. The van der Waals surface area contributed by atoms with Crippen molar-refractivity contribution in [2.45, 2.75) is 25.4 Å². The molecule has 1 unspecified atom stereocenters. The summed E-state index contributed by atoms with van der Waals surface area (Å²) >= 11 is 11.9. The molecule has 3 rings (SSSR count). The van der Waals surface area contributed by atoms with Gasteiger partial charge in [-0.3, -0.25) is 9.48 Å². The summed E-state index contributed by atoms with van der Waals surface area (Å²) in [5.41, 5.74) is 1.39. The molecule has 1 atom stereocenters. The number of amides is 1. The van der Waals surface area contributed by atoms with Crippen LogP contribution < -0.4 is 5.32 Å². The second kappa shape index (κ2) is 8.90. The van der Waals surface area contributed by atoms with Crippen molar-refractivity contribution in [3.05, 3.63) is 51.8 Å². The summed E-state index contributed by atoms with van der Waals surface area (Å²) in [5.74, 6) is -0.108. The van der Waals surface area contributed by atoms with Gasteiger partial charge in [0.15, 0.2) is 0 Å². The monoisotopic (exact) mass is 402 g/mol. The normalized spacial score (nSPS) is 17.0. The standard InChI is InChI=1S/C17H20Cl2N4O.ClH/c1-22(11-12-4-5-14(18)15(19)9-12)17(24)16-6-8-23(21-16)13-3-2-7-20-10-13;/h4-6,8-9,13,20H,2-3,7,10-11H2,1H3;1H. The van der Waals surface area contributed by atoms with Gasteiger partial charge in [-0.1, -0.05) is 29.3 Å². The Morgan fingerprint density at radius 3 is 2.84 bits per heavy atom. The predicted octanol–water partition coefficient (Wildman–Crippen LogP) is 3.81. The Hall–Kier alpha value is -1.27. The third-order valence-corrected chi connectivity index (χ3v) is 4.96. The zero-order valence-electron chi connectivity index (χ0n) is 13.9. The summed E-state index contributed by atoms with van der Waals surface area (Å²) in [7, 11) is 1.76. The first kappa shape index (κ1) is 20.0. The van der Waals surface area contributed by atoms with Gasteiger partial charge in [0, 0.05) is 26.3 Å². The first-order chi connectivity index (χ1) is 11.5. The molecule has 0 saturated carbocycles. The van der Waals surface area contributed by atoms with Crippen LogP contribution in [0.1, 0.15) is 34.9 Å². The van der Waals surface area contributed by atoms with E-state index in [2.05, 4.69) is 10.4 Å². The Balaban J connectivity index is 0.00000225. The van der Waals surface area contributed by atoms with Crippen LogP contribution in [0.2, 0.25) is 10.0 Å². The summed E-state index contributed by atoms with van der Waals surface area (Å²) in [6, 6.07) is 7.48. The van der Waals surface area contributed by atoms with Crippen LogP contribution >= 0.6 is 35.6 Å². The van der Waals surface area contributed by atoms with Gasteiger partial charge in [-0.2, -0.15) is 5.10 Å². The number of piperidine rings is 1. The van der Waals surface area contributed by atoms with E-state index in [4.69, 9.17) is 23.2 Å². The molecule has 1 amide bonds. The lowest BCUT2D eigenvalue weighted by Crippen LogP contribution is -2.32. The summed E-state index contributed by atoms with van der Waals surface area (Å²) in [5, 5.41) is 8.82. The second-order valence-corrected chi connectivity index (χ2v) is 6.91. The second-order valence-electron chi connectivity index (χ2n) is 6.09. The van der Waals surface area contributed by atoms with Crippen molar-refractivity contribution < 1.29 is 4.79 Å². The highest BCUT2D eigenvalue weighted by atomic mass is 35.5. The van der Waals surface area contributed by atoms with E-state index in [1.165, 1.54) is 0 Å². The lowest BCUT2D eigenvalue weighted by Gasteiger charge is -2.23. The molecule has 1 aliphatic heterocycles. The number of carbonyl (C=O) groups excluding carboxylic acids is 1. The quantitative estimate of drug-likeness (QED) is 0.844. The largest absolute Gasteiger partial charge is 0.336 e. The average Bonchev–Trinajstić information content (AvgIpc) is 3.08. The smallest absolute Gasteiger partial charge is 0.274 e. The van der Waals surface area contributed by atoms with Crippen LogP contribution in [0.5, 0.6) is 0 Å². The van der Waals surface area contributed by atoms with Gasteiger partial charge < -0.3 is 10.2 Å². The van der Waals surface area contributed by atoms with E-state index in [0.29, 0.717) is 28.3 Å². The molecule has 25 heavy (non-hydrogen) atoms. The molecular formula is C17H21Cl3N4O. The minimum absolute atomic E-state index is 0. The van der Waals surface area contributed by atoms with Crippen LogP contribution in [-0.4, -0.2) is 40.7 Å². The SMILES string of the molecule is CN(Cc1ccc(Cl)c(Cl)c1)C(=O)c1ccn(C2CCCNC2)n1.Cl. The molecule has 8 heteroatoms. The number of halogens is 3. The molecule has 2 aromatic rings. The number of nitrogens with one attached hydrogen (secondary N) is 1. The molecule has 136 valence electrons. The molecule has 5 nitrogen and oxygen atoms in total. The molecule has 0 spiro atoms. The van der Waals surface area contributed by atoms with Crippen molar-refractivity contribution in [3.8, 4) is 0 Å². The number of hydrogen-bond donors (Lipinski definition) is 1. The van der Waals surface area contributed by atoms with Gasteiger partial charge in [0.1, 0.15) is 5.69 Å². The predicted molar refractivity (Wildman–Crippen MR) is 103 cm³/mol. The van der Waals surface area contributed by atoms with Crippen LogP contribution in [-0.2, 0) is 6.54 Å². The summed E-state index contributed by atoms with van der Waals surface area (Å²) in [6.07, 6.45) is 4.10. The van der Waals surface area contributed by atoms with E-state index in [-0.39, 0.29) is 18.3 Å². The van der Waals surface area contributed by atoms with Crippen molar-refractivity contribution in [2.75, 3.05) is 20.1 Å². The third-order valence-electron chi connectivity index (χ3n) is 4.22. The Labute approximate surface area is 163 Å². The molecule has 2 heterocycles. The minimum Gasteiger partial charge on any atom is -0.336 e. The Morgan fingerprint density at radius 2 is 2.16 bits per heavy atom. The molecule has 1 aromatic heterocycles. The lowest BCUT2D eigenvalue weighted by atomic mass is 10.1. The number of benzene rings is 1. The molecule has 0 bridgehead atoms. The highest BCUT2D eigenvalue weighted by Crippen LogP contribution is 2.23. The lowest BCUT2D eigenvalue weighted by molar-refractivity contribution is 0.0778. The molecule has 1 saturated heterocycles. The maximum absolute atomic E-state index is 12.6. The topological polar surface area (TPSA) is 50.2 Å². The van der Waals surface area contributed by atoms with Gasteiger partial charge in [0.25, 0.3) is 5.91 Å². The van der Waals surface area contributed by atoms with Crippen LogP contribution in [0.15, 0.2) is 30.5 Å². The van der Waals surface area contributed by atoms with E-state index in [1.54, 1.807) is 30.1 Å². The zero-order valence-corrected chi connectivity index (χ0v) is 16.2. The first-order valence-electron chi connectivity index (χ1n) is 8.00. The van der Waals surface area contributed by atoms with E-state index >= 15 is 0 Å². The van der Waals surface area contributed by atoms with Crippen molar-refractivity contribution in [1.82, 2.24) is 20.0 Å². The summed E-state index contributed by atoms with van der Waals surface area (Å²) < 4.78 is 1.90. The van der Waals surface area contributed by atoms with Crippen molar-refractivity contribution in [2.24, 2.45) is 0 Å². The van der Waals surface area contributed by atoms with Gasteiger partial charge in [-0.25, -0.2) is 0 Å². The number of hydrogen-bond acceptors (Lipinski definition) is 3. The summed E-state index contributed by atoms with van der Waals surface area (Å²) in [6.45, 7) is 2.40. The van der Waals surface area contributed by atoms with Crippen molar-refractivity contribution in [1.29, 1.82) is 0 Å². The Kier molecular flexibility index (Phi) is 7.14. The van der Waals surface area contributed by atoms with Gasteiger partial charge in [0.2, 0.25) is 0 Å². The number of rotatable bonds is 4. The summed E-state index contributed by atoms with van der Waals surface area (Å²) in [4.78, 5) is 14.2. The van der Waals surface area contributed by atoms with Crippen molar-refractivity contribution in [3.63, 3.8) is 0 Å². The van der Waals surface area contributed by atoms with Crippen LogP contribution in [0, 0.1) is 0 Å². The fraction of sp³-hybridized carbons (Fsp3) is 0.412. The van der Waals surface area contributed by atoms with Gasteiger partial charge in [0.05, 0.1) is 16.1 Å². The van der Waals surface area contributed by atoms with E-state index < -0.39 is 0 Å². The van der Waals surface area contributed by atoms with Gasteiger partial charge in [-0.15, -0.1) is 12.4 Å². The molecule has 1 fully saturated rings. The van der Waals surface area contributed by atoms with Crippen molar-refractivity contribution >= 4 is 41.5 Å². The highest BCUT2D eigenvalue weighted by Gasteiger charge is 2.19. The maximum atomic E-state index is 12.6. The fourth-order valence-electron chi connectivity index (χ4n) is 2.89.